The Bertz CT molecular complexity index is 684. The van der Waals surface area contributed by atoms with Crippen molar-refractivity contribution in [3.8, 4) is 0 Å². The number of rotatable bonds is 3. The average Bonchev–Trinajstić information content (AvgIpc) is 2.43. The zero-order chi connectivity index (χ0) is 15.6. The molecule has 0 amide bonds. The van der Waals surface area contributed by atoms with E-state index in [1.807, 2.05) is 0 Å². The van der Waals surface area contributed by atoms with Gasteiger partial charge in [0.15, 0.2) is 5.82 Å². The lowest BCUT2D eigenvalue weighted by Crippen LogP contribution is -2.09. The van der Waals surface area contributed by atoms with Crippen molar-refractivity contribution in [2.45, 2.75) is 0 Å². The van der Waals surface area contributed by atoms with Crippen LogP contribution in [0.3, 0.4) is 0 Å². The third-order valence-electron chi connectivity index (χ3n) is 2.76. The number of carbonyl (C=O) groups is 1. The van der Waals surface area contributed by atoms with Crippen LogP contribution in [0.25, 0.3) is 0 Å². The van der Waals surface area contributed by atoms with Gasteiger partial charge in [-0.25, -0.2) is 13.6 Å². The summed E-state index contributed by atoms with van der Waals surface area (Å²) in [5.74, 6) is -2.36. The maximum Gasteiger partial charge on any atom is 0.340 e. The highest BCUT2D eigenvalue weighted by Crippen LogP contribution is 2.33. The molecule has 21 heavy (non-hydrogen) atoms. The minimum Gasteiger partial charge on any atom is -0.465 e. The minimum atomic E-state index is -0.904. The maximum atomic E-state index is 13.8. The summed E-state index contributed by atoms with van der Waals surface area (Å²) in [6, 6.07) is 6.15. The molecule has 0 atom stereocenters. The van der Waals surface area contributed by atoms with E-state index in [2.05, 4.69) is 10.1 Å². The number of nitrogen functional groups attached to an aromatic ring is 1. The molecule has 0 aliphatic heterocycles. The number of nitrogens with one attached hydrogen (secondary N) is 1. The fraction of sp³-hybridized carbons (Fsp3) is 0.0714. The van der Waals surface area contributed by atoms with Gasteiger partial charge in [-0.1, -0.05) is 17.7 Å². The molecule has 0 unspecified atom stereocenters. The van der Waals surface area contributed by atoms with Crippen LogP contribution in [0.5, 0.6) is 0 Å². The summed E-state index contributed by atoms with van der Waals surface area (Å²) in [6.45, 7) is 0. The molecular weight excluding hydrogens is 302 g/mol. The van der Waals surface area contributed by atoms with Gasteiger partial charge in [0.05, 0.1) is 34.8 Å². The van der Waals surface area contributed by atoms with Crippen LogP contribution >= 0.6 is 11.6 Å². The van der Waals surface area contributed by atoms with Gasteiger partial charge in [0, 0.05) is 6.07 Å². The quantitative estimate of drug-likeness (QED) is 0.669. The zero-order valence-electron chi connectivity index (χ0n) is 10.9. The van der Waals surface area contributed by atoms with E-state index in [-0.39, 0.29) is 27.6 Å². The fourth-order valence-corrected chi connectivity index (χ4v) is 2.02. The summed E-state index contributed by atoms with van der Waals surface area (Å²) in [6.07, 6.45) is 0. The Kier molecular flexibility index (Phi) is 4.28. The topological polar surface area (TPSA) is 64.3 Å². The summed E-state index contributed by atoms with van der Waals surface area (Å²) in [4.78, 5) is 11.7. The Labute approximate surface area is 124 Å². The molecule has 2 aromatic rings. The van der Waals surface area contributed by atoms with E-state index in [9.17, 15) is 13.6 Å². The Morgan fingerprint density at radius 1 is 1.29 bits per heavy atom. The summed E-state index contributed by atoms with van der Waals surface area (Å²) in [5.41, 5.74) is 6.04. The van der Waals surface area contributed by atoms with Crippen LogP contribution in [0, 0.1) is 11.6 Å². The van der Waals surface area contributed by atoms with Crippen molar-refractivity contribution in [3.05, 3.63) is 52.6 Å². The molecule has 0 saturated carbocycles. The molecule has 0 bridgehead atoms. The van der Waals surface area contributed by atoms with Crippen molar-refractivity contribution in [3.63, 3.8) is 0 Å². The third-order valence-corrected chi connectivity index (χ3v) is 3.06. The zero-order valence-corrected chi connectivity index (χ0v) is 11.7. The number of nitrogens with two attached hydrogens (primary N) is 1. The number of hydrogen-bond donors (Lipinski definition) is 2. The number of anilines is 3. The first kappa shape index (κ1) is 15.1. The monoisotopic (exact) mass is 312 g/mol. The van der Waals surface area contributed by atoms with E-state index in [1.165, 1.54) is 19.2 Å². The largest absolute Gasteiger partial charge is 0.465 e. The van der Waals surface area contributed by atoms with Crippen molar-refractivity contribution >= 4 is 34.6 Å². The Balaban J connectivity index is 2.52. The molecule has 0 heterocycles. The Morgan fingerprint density at radius 3 is 2.62 bits per heavy atom. The van der Waals surface area contributed by atoms with Crippen molar-refractivity contribution in [1.82, 2.24) is 0 Å². The second-order valence-corrected chi connectivity index (χ2v) is 4.54. The predicted octanol–water partition coefficient (Wildman–Crippen LogP) is 3.73. The molecule has 0 spiro atoms. The molecule has 0 saturated heterocycles. The predicted molar refractivity (Wildman–Crippen MR) is 76.8 cm³/mol. The van der Waals surface area contributed by atoms with E-state index in [1.54, 1.807) is 6.07 Å². The van der Waals surface area contributed by atoms with Crippen molar-refractivity contribution < 1.29 is 18.3 Å². The van der Waals surface area contributed by atoms with Crippen molar-refractivity contribution in [1.29, 1.82) is 0 Å². The highest BCUT2D eigenvalue weighted by molar-refractivity contribution is 6.33. The van der Waals surface area contributed by atoms with Crippen LogP contribution in [-0.4, -0.2) is 13.1 Å². The van der Waals surface area contributed by atoms with Gasteiger partial charge >= 0.3 is 5.97 Å². The lowest BCUT2D eigenvalue weighted by Gasteiger charge is -2.15. The lowest BCUT2D eigenvalue weighted by atomic mass is 10.1. The van der Waals surface area contributed by atoms with Gasteiger partial charge in [-0.3, -0.25) is 0 Å². The average molecular weight is 313 g/mol. The molecule has 110 valence electrons. The van der Waals surface area contributed by atoms with E-state index in [4.69, 9.17) is 17.3 Å². The summed E-state index contributed by atoms with van der Waals surface area (Å²) < 4.78 is 31.5. The van der Waals surface area contributed by atoms with E-state index < -0.39 is 17.6 Å². The van der Waals surface area contributed by atoms with Crippen LogP contribution in [0.1, 0.15) is 10.4 Å². The van der Waals surface area contributed by atoms with Crippen LogP contribution in [0.4, 0.5) is 25.8 Å². The third kappa shape index (κ3) is 3.05. The molecule has 2 rings (SSSR count). The maximum absolute atomic E-state index is 13.8. The van der Waals surface area contributed by atoms with Gasteiger partial charge in [0.25, 0.3) is 0 Å². The minimum absolute atomic E-state index is 0.109. The van der Waals surface area contributed by atoms with Crippen LogP contribution in [0.15, 0.2) is 30.3 Å². The Hall–Kier alpha value is -2.34. The molecular formula is C14H11ClF2N2O2. The number of ether oxygens (including phenoxy) is 1. The molecule has 0 radical (unpaired) electrons. The van der Waals surface area contributed by atoms with E-state index >= 15 is 0 Å². The molecule has 3 N–H and O–H groups in total. The number of esters is 1. The molecule has 4 nitrogen and oxygen atoms in total. The van der Waals surface area contributed by atoms with Crippen LogP contribution in [0.2, 0.25) is 5.02 Å². The Morgan fingerprint density at radius 2 is 2.00 bits per heavy atom. The summed E-state index contributed by atoms with van der Waals surface area (Å²) in [7, 11) is 1.21. The summed E-state index contributed by atoms with van der Waals surface area (Å²) in [5, 5.41) is 2.45. The number of methoxy groups -OCH3 is 1. The first-order valence-corrected chi connectivity index (χ1v) is 6.20. The van der Waals surface area contributed by atoms with Crippen LogP contribution in [-0.2, 0) is 4.74 Å². The first-order chi connectivity index (χ1) is 9.93. The second-order valence-electron chi connectivity index (χ2n) is 4.13. The number of benzene rings is 2. The van der Waals surface area contributed by atoms with Gasteiger partial charge in [-0.2, -0.15) is 0 Å². The number of halogens is 3. The fourth-order valence-electron chi connectivity index (χ4n) is 1.78. The molecule has 0 aliphatic rings. The molecule has 7 heteroatoms. The van der Waals surface area contributed by atoms with Crippen molar-refractivity contribution in [2.24, 2.45) is 0 Å². The van der Waals surface area contributed by atoms with Gasteiger partial charge in [-0.15, -0.1) is 0 Å². The smallest absolute Gasteiger partial charge is 0.340 e. The van der Waals surface area contributed by atoms with Crippen LogP contribution < -0.4 is 11.1 Å². The normalized spacial score (nSPS) is 10.3. The van der Waals surface area contributed by atoms with E-state index in [0.29, 0.717) is 6.07 Å². The number of hydrogen-bond acceptors (Lipinski definition) is 4. The first-order valence-electron chi connectivity index (χ1n) is 5.82. The van der Waals surface area contributed by atoms with Gasteiger partial charge in [0.2, 0.25) is 0 Å². The number of carbonyl (C=O) groups excluding carboxylic acids is 1. The van der Waals surface area contributed by atoms with Gasteiger partial charge < -0.3 is 15.8 Å². The molecule has 0 aromatic heterocycles. The standard InChI is InChI=1S/C14H11ClF2N2O2/c1-21-14(20)8-3-2-4-11(18)12(8)19-13-9(15)5-7(16)6-10(13)17/h2-6,19H,18H2,1H3. The molecule has 2 aromatic carbocycles. The van der Waals surface area contributed by atoms with Crippen molar-refractivity contribution in [2.75, 3.05) is 18.2 Å². The van der Waals surface area contributed by atoms with Gasteiger partial charge in [0.1, 0.15) is 5.82 Å². The van der Waals surface area contributed by atoms with E-state index in [0.717, 1.165) is 6.07 Å². The highest BCUT2D eigenvalue weighted by atomic mass is 35.5. The highest BCUT2D eigenvalue weighted by Gasteiger charge is 2.17. The van der Waals surface area contributed by atoms with Gasteiger partial charge in [-0.05, 0) is 18.2 Å². The number of para-hydroxylation sites is 1. The lowest BCUT2D eigenvalue weighted by molar-refractivity contribution is 0.0602. The SMILES string of the molecule is COC(=O)c1cccc(N)c1Nc1c(F)cc(F)cc1Cl. The summed E-state index contributed by atoms with van der Waals surface area (Å²) >= 11 is 5.80. The molecule has 0 aliphatic carbocycles. The second kappa shape index (κ2) is 5.97. The molecule has 0 fully saturated rings.